The molecular formula is C20H30N2O2. The molecule has 1 aromatic rings. The van der Waals surface area contributed by atoms with Crippen LogP contribution < -0.4 is 0 Å². The highest BCUT2D eigenvalue weighted by Gasteiger charge is 2.45. The van der Waals surface area contributed by atoms with Crippen LogP contribution in [0.3, 0.4) is 0 Å². The minimum Gasteiger partial charge on any atom is -0.383 e. The summed E-state index contributed by atoms with van der Waals surface area (Å²) in [4.78, 5) is 17.1. The van der Waals surface area contributed by atoms with Crippen molar-refractivity contribution >= 4 is 5.91 Å². The molecule has 2 aliphatic heterocycles. The molecule has 0 aliphatic carbocycles. The summed E-state index contributed by atoms with van der Waals surface area (Å²) < 4.78 is 5.36. The summed E-state index contributed by atoms with van der Waals surface area (Å²) in [6.45, 7) is 2.62. The second-order valence-electron chi connectivity index (χ2n) is 7.35. The van der Waals surface area contributed by atoms with Gasteiger partial charge in [0.25, 0.3) is 0 Å². The van der Waals surface area contributed by atoms with E-state index in [2.05, 4.69) is 29.0 Å². The van der Waals surface area contributed by atoms with Gasteiger partial charge in [0, 0.05) is 38.2 Å². The molecular weight excluding hydrogens is 300 g/mol. The predicted molar refractivity (Wildman–Crippen MR) is 96.0 cm³/mol. The molecule has 132 valence electrons. The molecule has 1 spiro atoms. The lowest BCUT2D eigenvalue weighted by molar-refractivity contribution is -0.133. The normalized spacial score (nSPS) is 23.8. The molecule has 2 fully saturated rings. The highest BCUT2D eigenvalue weighted by molar-refractivity contribution is 5.76. The number of benzene rings is 1. The first-order valence-corrected chi connectivity index (χ1v) is 9.18. The first-order chi connectivity index (χ1) is 11.6. The van der Waals surface area contributed by atoms with Crippen LogP contribution >= 0.6 is 0 Å². The Bertz CT molecular complexity index is 538. The van der Waals surface area contributed by atoms with Gasteiger partial charge in [0.15, 0.2) is 0 Å². The fraction of sp³-hybridized carbons (Fsp3) is 0.650. The van der Waals surface area contributed by atoms with E-state index in [1.807, 2.05) is 18.2 Å². The van der Waals surface area contributed by atoms with Gasteiger partial charge >= 0.3 is 0 Å². The van der Waals surface area contributed by atoms with Crippen molar-refractivity contribution in [3.8, 4) is 0 Å². The highest BCUT2D eigenvalue weighted by Crippen LogP contribution is 2.40. The Morgan fingerprint density at radius 2 is 1.92 bits per heavy atom. The molecule has 0 bridgehead atoms. The summed E-state index contributed by atoms with van der Waals surface area (Å²) >= 11 is 0. The number of piperidine rings is 1. The molecule has 0 saturated carbocycles. The number of likely N-dealkylation sites (N-methyl/N-ethyl adjacent to an activating group) is 1. The highest BCUT2D eigenvalue weighted by atomic mass is 16.5. The number of aryl methyl sites for hydroxylation is 1. The van der Waals surface area contributed by atoms with E-state index in [1.54, 1.807) is 7.11 Å². The van der Waals surface area contributed by atoms with Crippen LogP contribution in [0.1, 0.15) is 37.7 Å². The van der Waals surface area contributed by atoms with Crippen LogP contribution in [0.5, 0.6) is 0 Å². The molecule has 24 heavy (non-hydrogen) atoms. The van der Waals surface area contributed by atoms with E-state index in [9.17, 15) is 4.79 Å². The lowest BCUT2D eigenvalue weighted by Crippen LogP contribution is -2.54. The molecule has 2 saturated heterocycles. The van der Waals surface area contributed by atoms with E-state index >= 15 is 0 Å². The van der Waals surface area contributed by atoms with Crippen LogP contribution in [0.4, 0.5) is 0 Å². The molecule has 0 radical (unpaired) electrons. The van der Waals surface area contributed by atoms with Crippen molar-refractivity contribution in [2.24, 2.45) is 0 Å². The minimum absolute atomic E-state index is 0.291. The standard InChI is InChI=1S/C20H30N2O2/c1-21-18(16-24-2)10-11-20(21)12-14-22(15-13-20)19(23)9-8-17-6-4-3-5-7-17/h3-7,18H,8-16H2,1-2H3. The number of rotatable bonds is 5. The first kappa shape index (κ1) is 17.4. The van der Waals surface area contributed by atoms with Crippen molar-refractivity contribution in [1.82, 2.24) is 9.80 Å². The zero-order valence-corrected chi connectivity index (χ0v) is 15.0. The van der Waals surface area contributed by atoms with Crippen molar-refractivity contribution < 1.29 is 9.53 Å². The third-order valence-corrected chi connectivity index (χ3v) is 6.12. The number of hydrogen-bond acceptors (Lipinski definition) is 3. The SMILES string of the molecule is COCC1CCC2(CCN(C(=O)CCc3ccccc3)CC2)N1C. The maximum absolute atomic E-state index is 12.5. The van der Waals surface area contributed by atoms with Gasteiger partial charge in [-0.15, -0.1) is 0 Å². The van der Waals surface area contributed by atoms with Gasteiger partial charge < -0.3 is 9.64 Å². The molecule has 1 unspecified atom stereocenters. The van der Waals surface area contributed by atoms with Crippen LogP contribution in [0.2, 0.25) is 0 Å². The zero-order chi connectivity index (χ0) is 17.0. The monoisotopic (exact) mass is 330 g/mol. The largest absolute Gasteiger partial charge is 0.383 e. The fourth-order valence-corrected chi connectivity index (χ4v) is 4.41. The number of ether oxygens (including phenoxy) is 1. The lowest BCUT2D eigenvalue weighted by Gasteiger charge is -2.45. The third-order valence-electron chi connectivity index (χ3n) is 6.12. The van der Waals surface area contributed by atoms with Gasteiger partial charge in [-0.05, 0) is 44.7 Å². The Morgan fingerprint density at radius 3 is 2.58 bits per heavy atom. The van der Waals surface area contributed by atoms with Gasteiger partial charge in [-0.2, -0.15) is 0 Å². The number of nitrogens with zero attached hydrogens (tertiary/aromatic N) is 2. The molecule has 3 rings (SSSR count). The number of amides is 1. The van der Waals surface area contributed by atoms with Gasteiger partial charge in [-0.3, -0.25) is 9.69 Å². The second-order valence-corrected chi connectivity index (χ2v) is 7.35. The Kier molecular flexibility index (Phi) is 5.57. The van der Waals surface area contributed by atoms with Crippen LogP contribution in [0, 0.1) is 0 Å². The molecule has 0 N–H and O–H groups in total. The molecule has 4 nitrogen and oxygen atoms in total. The van der Waals surface area contributed by atoms with Crippen LogP contribution in [-0.2, 0) is 16.0 Å². The molecule has 1 aromatic carbocycles. The van der Waals surface area contributed by atoms with E-state index in [0.29, 0.717) is 23.9 Å². The van der Waals surface area contributed by atoms with Gasteiger partial charge in [0.05, 0.1) is 6.61 Å². The van der Waals surface area contributed by atoms with Crippen LogP contribution in [0.25, 0.3) is 0 Å². The van der Waals surface area contributed by atoms with E-state index in [1.165, 1.54) is 18.4 Å². The smallest absolute Gasteiger partial charge is 0.222 e. The summed E-state index contributed by atoms with van der Waals surface area (Å²) in [5.74, 6) is 0.308. The van der Waals surface area contributed by atoms with Crippen LogP contribution in [0.15, 0.2) is 30.3 Å². The fourth-order valence-electron chi connectivity index (χ4n) is 4.41. The second kappa shape index (κ2) is 7.66. The average Bonchev–Trinajstić information content (AvgIpc) is 2.91. The maximum Gasteiger partial charge on any atom is 0.222 e. The van der Waals surface area contributed by atoms with E-state index in [0.717, 1.165) is 39.0 Å². The van der Waals surface area contributed by atoms with E-state index in [4.69, 9.17) is 4.74 Å². The van der Waals surface area contributed by atoms with Crippen molar-refractivity contribution in [2.75, 3.05) is 33.9 Å². The van der Waals surface area contributed by atoms with Crippen molar-refractivity contribution in [2.45, 2.75) is 50.1 Å². The first-order valence-electron chi connectivity index (χ1n) is 9.18. The Hall–Kier alpha value is -1.39. The van der Waals surface area contributed by atoms with Gasteiger partial charge in [-0.1, -0.05) is 30.3 Å². The van der Waals surface area contributed by atoms with Crippen molar-refractivity contribution in [3.63, 3.8) is 0 Å². The lowest BCUT2D eigenvalue weighted by atomic mass is 9.85. The van der Waals surface area contributed by atoms with Gasteiger partial charge in [0.2, 0.25) is 5.91 Å². The topological polar surface area (TPSA) is 32.8 Å². The maximum atomic E-state index is 12.5. The van der Waals surface area contributed by atoms with E-state index in [-0.39, 0.29) is 0 Å². The number of carbonyl (C=O) groups is 1. The van der Waals surface area contributed by atoms with Crippen molar-refractivity contribution in [3.05, 3.63) is 35.9 Å². The Morgan fingerprint density at radius 1 is 1.21 bits per heavy atom. The third kappa shape index (κ3) is 3.65. The summed E-state index contributed by atoms with van der Waals surface area (Å²) in [5, 5.41) is 0. The van der Waals surface area contributed by atoms with Gasteiger partial charge in [0.1, 0.15) is 0 Å². The molecule has 2 aliphatic rings. The Labute approximate surface area is 145 Å². The van der Waals surface area contributed by atoms with Crippen molar-refractivity contribution in [1.29, 1.82) is 0 Å². The number of hydrogen-bond donors (Lipinski definition) is 0. The number of methoxy groups -OCH3 is 1. The molecule has 1 amide bonds. The number of likely N-dealkylation sites (tertiary alicyclic amines) is 2. The summed E-state index contributed by atoms with van der Waals surface area (Å²) in [7, 11) is 4.02. The molecule has 2 heterocycles. The molecule has 4 heteroatoms. The quantitative estimate of drug-likeness (QED) is 0.832. The summed E-state index contributed by atoms with van der Waals surface area (Å²) in [6, 6.07) is 10.8. The van der Waals surface area contributed by atoms with Gasteiger partial charge in [-0.25, -0.2) is 0 Å². The molecule has 0 aromatic heterocycles. The summed E-state index contributed by atoms with van der Waals surface area (Å²) in [5.41, 5.74) is 1.54. The average molecular weight is 330 g/mol. The van der Waals surface area contributed by atoms with Crippen LogP contribution in [-0.4, -0.2) is 61.1 Å². The Balaban J connectivity index is 1.49. The van der Waals surface area contributed by atoms with E-state index < -0.39 is 0 Å². The minimum atomic E-state index is 0.291. The summed E-state index contributed by atoms with van der Waals surface area (Å²) in [6.07, 6.45) is 6.12. The predicted octanol–water partition coefficient (Wildman–Crippen LogP) is 2.72. The zero-order valence-electron chi connectivity index (χ0n) is 15.0. The number of carbonyl (C=O) groups excluding carboxylic acids is 1. The molecule has 1 atom stereocenters.